The van der Waals surface area contributed by atoms with Gasteiger partial charge in [-0.25, -0.2) is 0 Å². The largest absolute Gasteiger partial charge is 0.378 e. The number of nitrogens with one attached hydrogen (secondary N) is 1. The molecule has 0 aromatic rings. The fourth-order valence-electron chi connectivity index (χ4n) is 3.60. The van der Waals surface area contributed by atoms with Crippen molar-refractivity contribution in [1.82, 2.24) is 15.1 Å². The fraction of sp³-hybridized carbons (Fsp3) is 1.00. The molecule has 2 heterocycles. The van der Waals surface area contributed by atoms with Gasteiger partial charge in [0, 0.05) is 38.3 Å². The molecule has 0 aromatic heterocycles. The van der Waals surface area contributed by atoms with Gasteiger partial charge in [-0.3, -0.25) is 0 Å². The molecule has 0 aliphatic carbocycles. The van der Waals surface area contributed by atoms with Gasteiger partial charge in [-0.05, 0) is 59.2 Å². The molecule has 2 fully saturated rings. The molecule has 0 aromatic carbocycles. The van der Waals surface area contributed by atoms with Crippen molar-refractivity contribution in [2.24, 2.45) is 0 Å². The zero-order valence-corrected chi connectivity index (χ0v) is 14.3. The smallest absolute Gasteiger partial charge is 0.0576 e. The predicted octanol–water partition coefficient (Wildman–Crippen LogP) is 1.95. The molecular weight excluding hydrogens is 262 g/mol. The van der Waals surface area contributed by atoms with E-state index in [0.29, 0.717) is 18.2 Å². The molecule has 3 atom stereocenters. The average Bonchev–Trinajstić information content (AvgIpc) is 2.99. The molecule has 0 spiro atoms. The first kappa shape index (κ1) is 17.2. The molecule has 3 unspecified atom stereocenters. The molecular formula is C17H35N3O. The maximum absolute atomic E-state index is 5.79. The van der Waals surface area contributed by atoms with Crippen molar-refractivity contribution >= 4 is 0 Å². The van der Waals surface area contributed by atoms with Crippen LogP contribution in [-0.2, 0) is 4.74 Å². The molecule has 1 N–H and O–H groups in total. The summed E-state index contributed by atoms with van der Waals surface area (Å²) in [6.07, 6.45) is 8.04. The summed E-state index contributed by atoms with van der Waals surface area (Å²) in [7, 11) is 4.54. The molecule has 2 saturated heterocycles. The van der Waals surface area contributed by atoms with Crippen LogP contribution in [0.3, 0.4) is 0 Å². The number of rotatable bonds is 8. The quantitative estimate of drug-likeness (QED) is 0.741. The number of hydrogen-bond donors (Lipinski definition) is 1. The van der Waals surface area contributed by atoms with Gasteiger partial charge >= 0.3 is 0 Å². The van der Waals surface area contributed by atoms with Crippen molar-refractivity contribution in [2.45, 2.75) is 63.6 Å². The molecule has 124 valence electrons. The highest BCUT2D eigenvalue weighted by Gasteiger charge is 2.26. The maximum atomic E-state index is 5.79. The minimum absolute atomic E-state index is 0.530. The maximum Gasteiger partial charge on any atom is 0.0576 e. The first-order chi connectivity index (χ1) is 10.2. The van der Waals surface area contributed by atoms with Crippen LogP contribution in [0.1, 0.15) is 45.4 Å². The van der Waals surface area contributed by atoms with Crippen LogP contribution in [0, 0.1) is 0 Å². The Morgan fingerprint density at radius 3 is 2.86 bits per heavy atom. The molecule has 4 heteroatoms. The number of piperazine rings is 1. The lowest BCUT2D eigenvalue weighted by molar-refractivity contribution is 0.0865. The van der Waals surface area contributed by atoms with Crippen LogP contribution in [0.25, 0.3) is 0 Å². The van der Waals surface area contributed by atoms with Crippen LogP contribution in [0.2, 0.25) is 0 Å². The van der Waals surface area contributed by atoms with E-state index in [1.165, 1.54) is 58.2 Å². The summed E-state index contributed by atoms with van der Waals surface area (Å²) in [6.45, 7) is 7.99. The summed E-state index contributed by atoms with van der Waals surface area (Å²) in [5.74, 6) is 0. The minimum atomic E-state index is 0.530. The normalized spacial score (nSPS) is 29.9. The summed E-state index contributed by atoms with van der Waals surface area (Å²) < 4.78 is 5.79. The second-order valence-corrected chi connectivity index (χ2v) is 7.00. The average molecular weight is 297 g/mol. The molecule has 2 aliphatic heterocycles. The predicted molar refractivity (Wildman–Crippen MR) is 88.8 cm³/mol. The first-order valence-corrected chi connectivity index (χ1v) is 8.92. The first-order valence-electron chi connectivity index (χ1n) is 8.92. The Balaban J connectivity index is 1.79. The molecule has 4 nitrogen and oxygen atoms in total. The Kier molecular flexibility index (Phi) is 7.44. The highest BCUT2D eigenvalue weighted by Crippen LogP contribution is 2.20. The monoisotopic (exact) mass is 297 g/mol. The molecule has 0 bridgehead atoms. The van der Waals surface area contributed by atoms with Gasteiger partial charge in [-0.2, -0.15) is 0 Å². The molecule has 0 radical (unpaired) electrons. The van der Waals surface area contributed by atoms with Crippen molar-refractivity contribution < 1.29 is 4.74 Å². The van der Waals surface area contributed by atoms with Gasteiger partial charge in [-0.15, -0.1) is 0 Å². The molecule has 0 amide bonds. The molecule has 21 heavy (non-hydrogen) atoms. The van der Waals surface area contributed by atoms with Crippen LogP contribution in [0.4, 0.5) is 0 Å². The third-order valence-electron chi connectivity index (χ3n) is 5.08. The number of hydrogen-bond acceptors (Lipinski definition) is 4. The second-order valence-electron chi connectivity index (χ2n) is 7.00. The van der Waals surface area contributed by atoms with Gasteiger partial charge in [0.1, 0.15) is 0 Å². The van der Waals surface area contributed by atoms with E-state index in [0.717, 1.165) is 13.2 Å². The Hall–Kier alpha value is -0.160. The Morgan fingerprint density at radius 2 is 2.14 bits per heavy atom. The lowest BCUT2D eigenvalue weighted by atomic mass is 9.97. The van der Waals surface area contributed by atoms with E-state index < -0.39 is 0 Å². The zero-order valence-electron chi connectivity index (χ0n) is 14.3. The van der Waals surface area contributed by atoms with Crippen molar-refractivity contribution in [3.8, 4) is 0 Å². The van der Waals surface area contributed by atoms with Gasteiger partial charge in [0.2, 0.25) is 0 Å². The van der Waals surface area contributed by atoms with Crippen molar-refractivity contribution in [3.63, 3.8) is 0 Å². The van der Waals surface area contributed by atoms with E-state index in [-0.39, 0.29) is 0 Å². The Bertz CT molecular complexity index is 281. The minimum Gasteiger partial charge on any atom is -0.378 e. The van der Waals surface area contributed by atoms with E-state index in [9.17, 15) is 0 Å². The lowest BCUT2D eigenvalue weighted by Crippen LogP contribution is -2.52. The third-order valence-corrected chi connectivity index (χ3v) is 5.08. The fourth-order valence-corrected chi connectivity index (χ4v) is 3.60. The standard InChI is InChI=1S/C17H35N3O/c1-4-9-18-15(7-8-17-6-5-12-21-17)13-16-14-19(2)10-11-20(16)3/h15-18H,4-14H2,1-3H3. The number of nitrogens with zero attached hydrogens (tertiary/aromatic N) is 2. The van der Waals surface area contributed by atoms with E-state index in [1.807, 2.05) is 0 Å². The van der Waals surface area contributed by atoms with E-state index in [1.54, 1.807) is 0 Å². The third kappa shape index (κ3) is 5.85. The van der Waals surface area contributed by atoms with Crippen LogP contribution >= 0.6 is 0 Å². The molecule has 2 rings (SSSR count). The summed E-state index contributed by atoms with van der Waals surface area (Å²) in [5, 5.41) is 3.78. The van der Waals surface area contributed by atoms with Crippen LogP contribution in [-0.4, -0.2) is 74.9 Å². The molecule has 0 saturated carbocycles. The van der Waals surface area contributed by atoms with E-state index >= 15 is 0 Å². The second kappa shape index (κ2) is 9.09. The van der Waals surface area contributed by atoms with E-state index in [2.05, 4.69) is 36.1 Å². The van der Waals surface area contributed by atoms with Crippen molar-refractivity contribution in [1.29, 1.82) is 0 Å². The summed E-state index contributed by atoms with van der Waals surface area (Å²) in [4.78, 5) is 5.02. The van der Waals surface area contributed by atoms with Gasteiger partial charge in [0.15, 0.2) is 0 Å². The number of likely N-dealkylation sites (N-methyl/N-ethyl adjacent to an activating group) is 2. The molecule has 2 aliphatic rings. The van der Waals surface area contributed by atoms with Gasteiger partial charge < -0.3 is 19.9 Å². The van der Waals surface area contributed by atoms with Gasteiger partial charge in [-0.1, -0.05) is 6.92 Å². The summed E-state index contributed by atoms with van der Waals surface area (Å²) >= 11 is 0. The zero-order chi connectivity index (χ0) is 15.1. The highest BCUT2D eigenvalue weighted by atomic mass is 16.5. The van der Waals surface area contributed by atoms with Crippen LogP contribution in [0.5, 0.6) is 0 Å². The van der Waals surface area contributed by atoms with Crippen LogP contribution in [0.15, 0.2) is 0 Å². The number of ether oxygens (including phenoxy) is 1. The van der Waals surface area contributed by atoms with Crippen LogP contribution < -0.4 is 5.32 Å². The lowest BCUT2D eigenvalue weighted by Gasteiger charge is -2.39. The highest BCUT2D eigenvalue weighted by molar-refractivity contribution is 4.84. The van der Waals surface area contributed by atoms with Crippen molar-refractivity contribution in [2.75, 3.05) is 46.9 Å². The Morgan fingerprint density at radius 1 is 1.29 bits per heavy atom. The summed E-state index contributed by atoms with van der Waals surface area (Å²) in [6, 6.07) is 1.34. The van der Waals surface area contributed by atoms with Gasteiger partial charge in [0.05, 0.1) is 6.10 Å². The summed E-state index contributed by atoms with van der Waals surface area (Å²) in [5.41, 5.74) is 0. The Labute approximate surface area is 131 Å². The topological polar surface area (TPSA) is 27.7 Å². The van der Waals surface area contributed by atoms with Crippen molar-refractivity contribution in [3.05, 3.63) is 0 Å². The van der Waals surface area contributed by atoms with Gasteiger partial charge in [0.25, 0.3) is 0 Å². The van der Waals surface area contributed by atoms with E-state index in [4.69, 9.17) is 4.74 Å². The SMILES string of the molecule is CCCNC(CCC1CCCO1)CC1CN(C)CCN1C.